The first-order valence-electron chi connectivity index (χ1n) is 11.2. The molecule has 0 amide bonds. The number of halogens is 2. The predicted molar refractivity (Wildman–Crippen MR) is 128 cm³/mol. The first-order chi connectivity index (χ1) is 14.3. The second-order valence-corrected chi connectivity index (χ2v) is 8.53. The smallest absolute Gasteiger partial charge is 0.0450 e. The Balaban J connectivity index is 1.31. The fourth-order valence-electron chi connectivity index (χ4n) is 3.47. The van der Waals surface area contributed by atoms with Crippen molar-refractivity contribution in [2.45, 2.75) is 70.9 Å². The van der Waals surface area contributed by atoms with Gasteiger partial charge in [0.15, 0.2) is 0 Å². The standard InChI is InChI=1S/C25H36Cl2N2/c26-24-16-10-8-14-22(24)20-28-18-12-6-4-2-1-3-5-7-13-19-29-21-23-15-9-11-17-25(23)27/h8-11,14-17,28-29H,1-7,12-13,18-21H2. The molecule has 0 saturated heterocycles. The van der Waals surface area contributed by atoms with E-state index in [1.54, 1.807) is 0 Å². The molecule has 0 aliphatic heterocycles. The minimum Gasteiger partial charge on any atom is -0.313 e. The molecule has 0 aliphatic rings. The summed E-state index contributed by atoms with van der Waals surface area (Å²) in [4.78, 5) is 0. The highest BCUT2D eigenvalue weighted by Crippen LogP contribution is 2.15. The van der Waals surface area contributed by atoms with Crippen molar-refractivity contribution in [1.29, 1.82) is 0 Å². The molecule has 0 heterocycles. The molecule has 0 aliphatic carbocycles. The molecule has 2 rings (SSSR count). The topological polar surface area (TPSA) is 24.1 Å². The van der Waals surface area contributed by atoms with Gasteiger partial charge in [-0.25, -0.2) is 0 Å². The van der Waals surface area contributed by atoms with Crippen molar-refractivity contribution >= 4 is 23.2 Å². The quantitative estimate of drug-likeness (QED) is 0.269. The minimum absolute atomic E-state index is 0.858. The van der Waals surface area contributed by atoms with Crippen LogP contribution in [0.3, 0.4) is 0 Å². The molecule has 0 aromatic heterocycles. The van der Waals surface area contributed by atoms with Crippen molar-refractivity contribution in [1.82, 2.24) is 10.6 Å². The van der Waals surface area contributed by atoms with Gasteiger partial charge in [0.05, 0.1) is 0 Å². The molecular formula is C25H36Cl2N2. The van der Waals surface area contributed by atoms with Crippen LogP contribution in [0, 0.1) is 0 Å². The molecule has 2 N–H and O–H groups in total. The maximum Gasteiger partial charge on any atom is 0.0450 e. The zero-order chi connectivity index (χ0) is 20.6. The van der Waals surface area contributed by atoms with Crippen LogP contribution in [0.2, 0.25) is 10.0 Å². The number of nitrogens with one attached hydrogen (secondary N) is 2. The average molecular weight is 435 g/mol. The Kier molecular flexibility index (Phi) is 13.1. The Morgan fingerprint density at radius 2 is 0.828 bits per heavy atom. The fourth-order valence-corrected chi connectivity index (χ4v) is 3.87. The van der Waals surface area contributed by atoms with Crippen molar-refractivity contribution in [3.63, 3.8) is 0 Å². The third-order valence-electron chi connectivity index (χ3n) is 5.25. The minimum atomic E-state index is 0.858. The molecule has 2 aromatic rings. The van der Waals surface area contributed by atoms with E-state index in [2.05, 4.69) is 22.8 Å². The van der Waals surface area contributed by atoms with Gasteiger partial charge in [0.1, 0.15) is 0 Å². The van der Waals surface area contributed by atoms with Gasteiger partial charge in [-0.1, -0.05) is 105 Å². The molecule has 0 saturated carbocycles. The number of hydrogen-bond donors (Lipinski definition) is 2. The van der Waals surface area contributed by atoms with Crippen molar-refractivity contribution < 1.29 is 0 Å². The Labute approximate surface area is 187 Å². The predicted octanol–water partition coefficient (Wildman–Crippen LogP) is 7.38. The lowest BCUT2D eigenvalue weighted by molar-refractivity contribution is 0.536. The van der Waals surface area contributed by atoms with Crippen LogP contribution in [0.25, 0.3) is 0 Å². The average Bonchev–Trinajstić information content (AvgIpc) is 2.73. The Morgan fingerprint density at radius 1 is 0.483 bits per heavy atom. The summed E-state index contributed by atoms with van der Waals surface area (Å²) >= 11 is 12.3. The second-order valence-electron chi connectivity index (χ2n) is 7.72. The van der Waals surface area contributed by atoms with Crippen molar-refractivity contribution in [2.24, 2.45) is 0 Å². The number of rotatable bonds is 16. The van der Waals surface area contributed by atoms with E-state index in [4.69, 9.17) is 23.2 Å². The summed E-state index contributed by atoms with van der Waals surface area (Å²) in [6, 6.07) is 16.1. The van der Waals surface area contributed by atoms with E-state index in [0.29, 0.717) is 0 Å². The molecular weight excluding hydrogens is 399 g/mol. The molecule has 4 heteroatoms. The third-order valence-corrected chi connectivity index (χ3v) is 5.99. The van der Waals surface area contributed by atoms with Crippen LogP contribution in [0.4, 0.5) is 0 Å². The molecule has 0 radical (unpaired) electrons. The maximum atomic E-state index is 6.17. The summed E-state index contributed by atoms with van der Waals surface area (Å²) in [5.74, 6) is 0. The summed E-state index contributed by atoms with van der Waals surface area (Å²) in [7, 11) is 0. The Morgan fingerprint density at radius 3 is 1.21 bits per heavy atom. The molecule has 160 valence electrons. The number of hydrogen-bond acceptors (Lipinski definition) is 2. The first-order valence-corrected chi connectivity index (χ1v) is 11.9. The van der Waals surface area contributed by atoms with Gasteiger partial charge in [0.2, 0.25) is 0 Å². The highest BCUT2D eigenvalue weighted by molar-refractivity contribution is 6.31. The van der Waals surface area contributed by atoms with Gasteiger partial charge in [0.25, 0.3) is 0 Å². The van der Waals surface area contributed by atoms with E-state index in [1.807, 2.05) is 36.4 Å². The van der Waals surface area contributed by atoms with E-state index in [-0.39, 0.29) is 0 Å². The summed E-state index contributed by atoms with van der Waals surface area (Å²) in [6.45, 7) is 3.89. The van der Waals surface area contributed by atoms with E-state index in [0.717, 1.165) is 36.2 Å². The van der Waals surface area contributed by atoms with Crippen molar-refractivity contribution in [3.05, 3.63) is 69.7 Å². The Hall–Kier alpha value is -1.06. The number of unbranched alkanes of at least 4 members (excludes halogenated alkanes) is 8. The second kappa shape index (κ2) is 15.7. The van der Waals surface area contributed by atoms with Gasteiger partial charge < -0.3 is 10.6 Å². The van der Waals surface area contributed by atoms with Crippen LogP contribution < -0.4 is 10.6 Å². The lowest BCUT2D eigenvalue weighted by Gasteiger charge is -2.07. The van der Waals surface area contributed by atoms with Crippen LogP contribution in [0.5, 0.6) is 0 Å². The van der Waals surface area contributed by atoms with Crippen LogP contribution in [-0.4, -0.2) is 13.1 Å². The lowest BCUT2D eigenvalue weighted by Crippen LogP contribution is -2.14. The van der Waals surface area contributed by atoms with Crippen molar-refractivity contribution in [3.8, 4) is 0 Å². The molecule has 2 aromatic carbocycles. The Bertz CT molecular complexity index is 618. The normalized spacial score (nSPS) is 11.1. The fraction of sp³-hybridized carbons (Fsp3) is 0.520. The summed E-state index contributed by atoms with van der Waals surface area (Å²) < 4.78 is 0. The van der Waals surface area contributed by atoms with Gasteiger partial charge >= 0.3 is 0 Å². The van der Waals surface area contributed by atoms with Crippen molar-refractivity contribution in [2.75, 3.05) is 13.1 Å². The molecule has 0 atom stereocenters. The summed E-state index contributed by atoms with van der Waals surface area (Å²) in [5.41, 5.74) is 2.38. The van der Waals surface area contributed by atoms with Crippen LogP contribution in [-0.2, 0) is 13.1 Å². The molecule has 0 bridgehead atoms. The maximum absolute atomic E-state index is 6.17. The van der Waals surface area contributed by atoms with Gasteiger partial charge in [-0.05, 0) is 49.2 Å². The molecule has 0 unspecified atom stereocenters. The first kappa shape index (κ1) is 24.2. The molecule has 29 heavy (non-hydrogen) atoms. The van der Waals surface area contributed by atoms with Crippen LogP contribution >= 0.6 is 23.2 Å². The highest BCUT2D eigenvalue weighted by atomic mass is 35.5. The van der Waals surface area contributed by atoms with E-state index in [1.165, 1.54) is 68.9 Å². The SMILES string of the molecule is Clc1ccccc1CNCCCCCCCCCCCNCc1ccccc1Cl. The number of benzene rings is 2. The van der Waals surface area contributed by atoms with Crippen LogP contribution in [0.15, 0.2) is 48.5 Å². The summed E-state index contributed by atoms with van der Waals surface area (Å²) in [6.07, 6.45) is 12.0. The third kappa shape index (κ3) is 11.1. The zero-order valence-corrected chi connectivity index (χ0v) is 19.1. The van der Waals surface area contributed by atoms with E-state index in [9.17, 15) is 0 Å². The van der Waals surface area contributed by atoms with Gasteiger partial charge in [0, 0.05) is 23.1 Å². The van der Waals surface area contributed by atoms with Crippen LogP contribution in [0.1, 0.15) is 68.9 Å². The zero-order valence-electron chi connectivity index (χ0n) is 17.6. The lowest BCUT2D eigenvalue weighted by atomic mass is 10.1. The van der Waals surface area contributed by atoms with Gasteiger partial charge in [-0.3, -0.25) is 0 Å². The monoisotopic (exact) mass is 434 g/mol. The van der Waals surface area contributed by atoms with Gasteiger partial charge in [-0.2, -0.15) is 0 Å². The van der Waals surface area contributed by atoms with E-state index >= 15 is 0 Å². The molecule has 0 spiro atoms. The van der Waals surface area contributed by atoms with E-state index < -0.39 is 0 Å². The summed E-state index contributed by atoms with van der Waals surface area (Å²) in [5, 5.41) is 8.70. The largest absolute Gasteiger partial charge is 0.313 e. The molecule has 2 nitrogen and oxygen atoms in total. The van der Waals surface area contributed by atoms with Gasteiger partial charge in [-0.15, -0.1) is 0 Å². The molecule has 0 fully saturated rings. The highest BCUT2D eigenvalue weighted by Gasteiger charge is 1.99.